The average Bonchev–Trinajstić information content (AvgIpc) is 3.09. The van der Waals surface area contributed by atoms with Gasteiger partial charge in [0.2, 0.25) is 0 Å². The van der Waals surface area contributed by atoms with Crippen LogP contribution in [-0.2, 0) is 6.54 Å². The number of pyridine rings is 2. The molecule has 4 heterocycles. The highest BCUT2D eigenvalue weighted by atomic mass is 15.2. The Morgan fingerprint density at radius 1 is 1.05 bits per heavy atom. The maximum Gasteiger partial charge on any atom is 0.165 e. The number of allylic oxidation sites excluding steroid dienone is 4. The minimum atomic E-state index is 0.450. The molecule has 0 saturated carbocycles. The van der Waals surface area contributed by atoms with Crippen molar-refractivity contribution in [3.63, 3.8) is 0 Å². The third-order valence-electron chi connectivity index (χ3n) is 6.68. The first-order valence-electron chi connectivity index (χ1n) is 13.1. The quantitative estimate of drug-likeness (QED) is 0.343. The average molecular weight is 494 g/mol. The number of fused-ring (bicyclic) bond motifs is 1. The van der Waals surface area contributed by atoms with Crippen molar-refractivity contribution in [3.05, 3.63) is 84.2 Å². The smallest absolute Gasteiger partial charge is 0.165 e. The van der Waals surface area contributed by atoms with Gasteiger partial charge < -0.3 is 11.1 Å². The van der Waals surface area contributed by atoms with Crippen LogP contribution in [0.2, 0.25) is 0 Å². The topological polar surface area (TPSA) is 84.9 Å². The number of imidazole rings is 1. The van der Waals surface area contributed by atoms with Crippen LogP contribution in [0.1, 0.15) is 37.9 Å². The lowest BCUT2D eigenvalue weighted by Gasteiger charge is -2.19. The molecule has 1 aromatic carbocycles. The normalized spacial score (nSPS) is 15.5. The van der Waals surface area contributed by atoms with Crippen LogP contribution in [-0.4, -0.2) is 50.6 Å². The summed E-state index contributed by atoms with van der Waals surface area (Å²) in [5.41, 5.74) is 13.0. The zero-order valence-corrected chi connectivity index (χ0v) is 21.7. The molecule has 0 aliphatic carbocycles. The Hall–Kier alpha value is -3.81. The fourth-order valence-corrected chi connectivity index (χ4v) is 4.88. The summed E-state index contributed by atoms with van der Waals surface area (Å²) in [5.74, 6) is 1.19. The van der Waals surface area contributed by atoms with Gasteiger partial charge in [-0.15, -0.1) is 0 Å². The van der Waals surface area contributed by atoms with E-state index in [-0.39, 0.29) is 0 Å². The third kappa shape index (κ3) is 5.48. The maximum atomic E-state index is 6.31. The minimum Gasteiger partial charge on any atom is -0.383 e. The monoisotopic (exact) mass is 493 g/mol. The molecular formula is C30H35N7. The van der Waals surface area contributed by atoms with Gasteiger partial charge in [-0.2, -0.15) is 0 Å². The van der Waals surface area contributed by atoms with Crippen LogP contribution in [0, 0.1) is 0 Å². The van der Waals surface area contributed by atoms with Crippen LogP contribution in [0.4, 0.5) is 5.82 Å². The van der Waals surface area contributed by atoms with Crippen LogP contribution < -0.4 is 11.1 Å². The molecular weight excluding hydrogens is 458 g/mol. The van der Waals surface area contributed by atoms with Gasteiger partial charge in [0.05, 0.1) is 11.3 Å². The van der Waals surface area contributed by atoms with E-state index in [1.807, 2.05) is 37.3 Å². The van der Waals surface area contributed by atoms with E-state index in [1.165, 1.54) is 12.0 Å². The van der Waals surface area contributed by atoms with Crippen molar-refractivity contribution in [1.82, 2.24) is 29.7 Å². The number of rotatable bonds is 7. The Morgan fingerprint density at radius 2 is 1.92 bits per heavy atom. The number of hydrogen-bond acceptors (Lipinski definition) is 6. The number of nitrogens with zero attached hydrogens (tertiary/aromatic N) is 5. The van der Waals surface area contributed by atoms with E-state index >= 15 is 0 Å². The first-order chi connectivity index (χ1) is 18.2. The van der Waals surface area contributed by atoms with E-state index in [0.717, 1.165) is 78.7 Å². The third-order valence-corrected chi connectivity index (χ3v) is 6.68. The molecule has 37 heavy (non-hydrogen) atoms. The predicted molar refractivity (Wildman–Crippen MR) is 152 cm³/mol. The minimum absolute atomic E-state index is 0.450. The summed E-state index contributed by atoms with van der Waals surface area (Å²) >= 11 is 0. The van der Waals surface area contributed by atoms with E-state index in [2.05, 4.69) is 63.1 Å². The van der Waals surface area contributed by atoms with Gasteiger partial charge in [0, 0.05) is 31.5 Å². The Morgan fingerprint density at radius 3 is 2.70 bits per heavy atom. The molecule has 190 valence electrons. The van der Waals surface area contributed by atoms with Crippen LogP contribution >= 0.6 is 0 Å². The van der Waals surface area contributed by atoms with Gasteiger partial charge in [0.25, 0.3) is 0 Å². The molecule has 1 saturated heterocycles. The van der Waals surface area contributed by atoms with Gasteiger partial charge in [0.1, 0.15) is 11.3 Å². The predicted octanol–water partition coefficient (Wildman–Crippen LogP) is 5.23. The van der Waals surface area contributed by atoms with Crippen molar-refractivity contribution in [3.8, 4) is 17.1 Å². The summed E-state index contributed by atoms with van der Waals surface area (Å²) in [6, 6.07) is 16.7. The Kier molecular flexibility index (Phi) is 7.73. The van der Waals surface area contributed by atoms with Crippen LogP contribution in [0.25, 0.3) is 33.8 Å². The molecule has 0 spiro atoms. The van der Waals surface area contributed by atoms with Gasteiger partial charge >= 0.3 is 0 Å². The molecule has 7 nitrogen and oxygen atoms in total. The van der Waals surface area contributed by atoms with Crippen LogP contribution in [0.3, 0.4) is 0 Å². The van der Waals surface area contributed by atoms with Crippen LogP contribution in [0.15, 0.2) is 73.0 Å². The number of nitrogens with one attached hydrogen (secondary N) is 1. The highest BCUT2D eigenvalue weighted by Crippen LogP contribution is 2.31. The lowest BCUT2D eigenvalue weighted by atomic mass is 10.1. The molecule has 1 aliphatic heterocycles. The maximum absolute atomic E-state index is 6.31. The van der Waals surface area contributed by atoms with E-state index in [0.29, 0.717) is 5.82 Å². The fraction of sp³-hybridized carbons (Fsp3) is 0.300. The molecule has 1 aliphatic rings. The molecule has 0 bridgehead atoms. The highest BCUT2D eigenvalue weighted by Gasteiger charge is 2.19. The SMILES string of the molecule is C/C=C\C(=C/CC)c1ccc2nc(-c3cccnc3N)n(-c3ccc(CN4CCCNCC4)cc3)c2n1. The summed E-state index contributed by atoms with van der Waals surface area (Å²) < 4.78 is 2.10. The zero-order valence-electron chi connectivity index (χ0n) is 21.7. The number of nitrogens with two attached hydrogens (primary N) is 1. The molecule has 7 heteroatoms. The van der Waals surface area contributed by atoms with Crippen molar-refractivity contribution in [1.29, 1.82) is 0 Å². The van der Waals surface area contributed by atoms with E-state index in [4.69, 9.17) is 15.7 Å². The van der Waals surface area contributed by atoms with Crippen molar-refractivity contribution >= 4 is 22.6 Å². The van der Waals surface area contributed by atoms with Crippen LogP contribution in [0.5, 0.6) is 0 Å². The summed E-state index contributed by atoms with van der Waals surface area (Å²) in [6.45, 7) is 9.46. The number of hydrogen-bond donors (Lipinski definition) is 2. The molecule has 5 rings (SSSR count). The standard InChI is InChI=1S/C30H35N7/c1-3-7-23(8-4-2)26-14-15-27-30(34-26)37(29(35-27)25-9-5-17-33-28(25)31)24-12-10-22(11-13-24)21-36-19-6-16-32-18-20-36/h3,5,7-15,17,32H,4,6,16,18-21H2,1-2H3,(H2,31,33)/b7-3-,23-8+. The summed E-state index contributed by atoms with van der Waals surface area (Å²) in [7, 11) is 0. The van der Waals surface area contributed by atoms with Crippen molar-refractivity contribution < 1.29 is 0 Å². The molecule has 0 unspecified atom stereocenters. The second kappa shape index (κ2) is 11.5. The second-order valence-electron chi connectivity index (χ2n) is 9.36. The fourth-order valence-electron chi connectivity index (χ4n) is 4.88. The van der Waals surface area contributed by atoms with Gasteiger partial charge in [-0.05, 0) is 80.4 Å². The molecule has 0 radical (unpaired) electrons. The second-order valence-corrected chi connectivity index (χ2v) is 9.36. The summed E-state index contributed by atoms with van der Waals surface area (Å²) in [5, 5.41) is 3.48. The van der Waals surface area contributed by atoms with Gasteiger partial charge in [-0.25, -0.2) is 15.0 Å². The van der Waals surface area contributed by atoms with Crippen molar-refractivity contribution in [2.24, 2.45) is 0 Å². The molecule has 0 amide bonds. The van der Waals surface area contributed by atoms with E-state index in [1.54, 1.807) is 6.20 Å². The molecule has 3 aromatic heterocycles. The Balaban J connectivity index is 1.60. The molecule has 3 N–H and O–H groups in total. The van der Waals surface area contributed by atoms with Gasteiger partial charge in [-0.3, -0.25) is 9.47 Å². The van der Waals surface area contributed by atoms with E-state index in [9.17, 15) is 0 Å². The molecule has 1 fully saturated rings. The number of aromatic nitrogens is 4. The lowest BCUT2D eigenvalue weighted by Crippen LogP contribution is -2.27. The highest BCUT2D eigenvalue weighted by molar-refractivity contribution is 5.85. The molecule has 4 aromatic rings. The van der Waals surface area contributed by atoms with Crippen molar-refractivity contribution in [2.75, 3.05) is 31.9 Å². The first-order valence-corrected chi connectivity index (χ1v) is 13.1. The van der Waals surface area contributed by atoms with Gasteiger partial charge in [-0.1, -0.05) is 37.3 Å². The summed E-state index contributed by atoms with van der Waals surface area (Å²) in [4.78, 5) is 16.9. The van der Waals surface area contributed by atoms with E-state index < -0.39 is 0 Å². The first kappa shape index (κ1) is 24.9. The van der Waals surface area contributed by atoms with Gasteiger partial charge in [0.15, 0.2) is 11.5 Å². The zero-order chi connectivity index (χ0) is 25.6. The summed E-state index contributed by atoms with van der Waals surface area (Å²) in [6.07, 6.45) is 10.2. The lowest BCUT2D eigenvalue weighted by molar-refractivity contribution is 0.284. The Labute approximate surface area is 218 Å². The Bertz CT molecular complexity index is 1410. The number of anilines is 1. The number of nitrogen functional groups attached to an aromatic ring is 1. The molecule has 0 atom stereocenters. The largest absolute Gasteiger partial charge is 0.383 e. The van der Waals surface area contributed by atoms with Crippen molar-refractivity contribution in [2.45, 2.75) is 33.2 Å². The number of benzene rings is 1.